The molecule has 0 unspecified atom stereocenters. The average molecular weight is 218 g/mol. The van der Waals surface area contributed by atoms with Crippen LogP contribution < -0.4 is 4.90 Å². The Labute approximate surface area is 96.5 Å². The Morgan fingerprint density at radius 2 is 2.44 bits per heavy atom. The quantitative estimate of drug-likeness (QED) is 0.781. The fraction of sp³-hybridized carbons (Fsp3) is 0.538. The molecule has 1 aromatic rings. The van der Waals surface area contributed by atoms with Crippen molar-refractivity contribution in [2.75, 3.05) is 11.9 Å². The molecule has 86 valence electrons. The van der Waals surface area contributed by atoms with Gasteiger partial charge in [0.05, 0.1) is 11.9 Å². The number of carbonyl (C=O) groups excluding carboxylic acids is 1. The van der Waals surface area contributed by atoms with E-state index in [9.17, 15) is 4.79 Å². The summed E-state index contributed by atoms with van der Waals surface area (Å²) < 4.78 is 0. The number of pyridine rings is 1. The van der Waals surface area contributed by atoms with Crippen molar-refractivity contribution in [3.05, 3.63) is 24.5 Å². The second-order valence-corrected chi connectivity index (χ2v) is 4.87. The molecule has 0 aliphatic heterocycles. The van der Waals surface area contributed by atoms with E-state index in [1.807, 2.05) is 19.2 Å². The third-order valence-corrected chi connectivity index (χ3v) is 3.82. The standard InChI is InChI=1S/C13H18N2O/c1-4-13(2)8-11(13)12(16)15(3)10-6-5-7-14-9-10/h5-7,9,11H,4,8H2,1-3H3/t11-,13-/m0/s1. The van der Waals surface area contributed by atoms with Crippen molar-refractivity contribution in [3.8, 4) is 0 Å². The van der Waals surface area contributed by atoms with Crippen molar-refractivity contribution in [2.45, 2.75) is 26.7 Å². The van der Waals surface area contributed by atoms with Gasteiger partial charge in [0, 0.05) is 19.2 Å². The lowest BCUT2D eigenvalue weighted by atomic mass is 10.0. The highest BCUT2D eigenvalue weighted by Gasteiger charge is 2.53. The van der Waals surface area contributed by atoms with Crippen LogP contribution in [0.1, 0.15) is 26.7 Å². The van der Waals surface area contributed by atoms with Gasteiger partial charge in [-0.2, -0.15) is 0 Å². The highest BCUT2D eigenvalue weighted by atomic mass is 16.2. The molecular weight excluding hydrogens is 200 g/mol. The summed E-state index contributed by atoms with van der Waals surface area (Å²) in [5, 5.41) is 0. The van der Waals surface area contributed by atoms with E-state index in [1.165, 1.54) is 0 Å². The second kappa shape index (κ2) is 3.89. The van der Waals surface area contributed by atoms with Gasteiger partial charge < -0.3 is 4.90 Å². The molecule has 1 aliphatic carbocycles. The van der Waals surface area contributed by atoms with Crippen LogP contribution in [-0.4, -0.2) is 17.9 Å². The summed E-state index contributed by atoms with van der Waals surface area (Å²) >= 11 is 0. The maximum absolute atomic E-state index is 12.2. The van der Waals surface area contributed by atoms with Crippen LogP contribution in [0.25, 0.3) is 0 Å². The van der Waals surface area contributed by atoms with Gasteiger partial charge in [-0.1, -0.05) is 13.8 Å². The number of anilines is 1. The summed E-state index contributed by atoms with van der Waals surface area (Å²) in [4.78, 5) is 17.9. The smallest absolute Gasteiger partial charge is 0.230 e. The topological polar surface area (TPSA) is 33.2 Å². The van der Waals surface area contributed by atoms with Crippen LogP contribution in [0.2, 0.25) is 0 Å². The Kier molecular flexibility index (Phi) is 2.70. The molecule has 2 rings (SSSR count). The van der Waals surface area contributed by atoms with E-state index >= 15 is 0 Å². The van der Waals surface area contributed by atoms with E-state index in [-0.39, 0.29) is 17.2 Å². The first kappa shape index (κ1) is 11.1. The van der Waals surface area contributed by atoms with E-state index < -0.39 is 0 Å². The average Bonchev–Trinajstić information content (AvgIpc) is 3.02. The lowest BCUT2D eigenvalue weighted by molar-refractivity contribution is -0.120. The molecule has 2 atom stereocenters. The Morgan fingerprint density at radius 1 is 1.69 bits per heavy atom. The predicted molar refractivity (Wildman–Crippen MR) is 64.2 cm³/mol. The van der Waals surface area contributed by atoms with Crippen LogP contribution in [0.5, 0.6) is 0 Å². The molecule has 0 N–H and O–H groups in total. The molecule has 1 amide bonds. The minimum Gasteiger partial charge on any atom is -0.314 e. The monoisotopic (exact) mass is 218 g/mol. The van der Waals surface area contributed by atoms with Crippen molar-refractivity contribution in [2.24, 2.45) is 11.3 Å². The molecule has 16 heavy (non-hydrogen) atoms. The Morgan fingerprint density at radius 3 is 2.94 bits per heavy atom. The minimum atomic E-state index is 0.197. The van der Waals surface area contributed by atoms with Crippen LogP contribution in [0.15, 0.2) is 24.5 Å². The first-order valence-corrected chi connectivity index (χ1v) is 5.76. The van der Waals surface area contributed by atoms with Gasteiger partial charge >= 0.3 is 0 Å². The minimum absolute atomic E-state index is 0.197. The van der Waals surface area contributed by atoms with Gasteiger partial charge in [0.25, 0.3) is 0 Å². The first-order valence-electron chi connectivity index (χ1n) is 5.76. The molecule has 3 heteroatoms. The lowest BCUT2D eigenvalue weighted by Crippen LogP contribution is -2.29. The molecule has 0 spiro atoms. The largest absolute Gasteiger partial charge is 0.314 e. The van der Waals surface area contributed by atoms with Gasteiger partial charge in [0.2, 0.25) is 5.91 Å². The summed E-state index contributed by atoms with van der Waals surface area (Å²) in [6.45, 7) is 4.34. The van der Waals surface area contributed by atoms with Crippen molar-refractivity contribution >= 4 is 11.6 Å². The Hall–Kier alpha value is -1.38. The summed E-state index contributed by atoms with van der Waals surface area (Å²) in [6, 6.07) is 3.77. The van der Waals surface area contributed by atoms with E-state index in [0.29, 0.717) is 0 Å². The molecule has 1 saturated carbocycles. The highest BCUT2D eigenvalue weighted by molar-refractivity contribution is 5.96. The number of amides is 1. The highest BCUT2D eigenvalue weighted by Crippen LogP contribution is 2.55. The molecule has 1 aromatic heterocycles. The van der Waals surface area contributed by atoms with Gasteiger partial charge in [-0.25, -0.2) is 0 Å². The number of carbonyl (C=O) groups is 1. The zero-order valence-electron chi connectivity index (χ0n) is 10.1. The van der Waals surface area contributed by atoms with Crippen LogP contribution in [0, 0.1) is 11.3 Å². The van der Waals surface area contributed by atoms with Crippen molar-refractivity contribution < 1.29 is 4.79 Å². The Bertz CT molecular complexity index is 390. The van der Waals surface area contributed by atoms with Gasteiger partial charge in [-0.05, 0) is 30.4 Å². The van der Waals surface area contributed by atoms with Crippen LogP contribution in [0.3, 0.4) is 0 Å². The molecule has 0 saturated heterocycles. The van der Waals surface area contributed by atoms with Crippen molar-refractivity contribution in [3.63, 3.8) is 0 Å². The number of aromatic nitrogens is 1. The van der Waals surface area contributed by atoms with E-state index in [1.54, 1.807) is 17.3 Å². The first-order chi connectivity index (χ1) is 7.58. The molecule has 0 aromatic carbocycles. The van der Waals surface area contributed by atoms with Crippen LogP contribution >= 0.6 is 0 Å². The molecule has 0 radical (unpaired) electrons. The van der Waals surface area contributed by atoms with Crippen LogP contribution in [-0.2, 0) is 4.79 Å². The fourth-order valence-electron chi connectivity index (χ4n) is 2.10. The maximum atomic E-state index is 12.2. The van der Waals surface area contributed by atoms with Crippen molar-refractivity contribution in [1.29, 1.82) is 0 Å². The molecule has 0 bridgehead atoms. The summed E-state index contributed by atoms with van der Waals surface area (Å²) in [7, 11) is 1.83. The van der Waals surface area contributed by atoms with E-state index in [0.717, 1.165) is 18.5 Å². The number of hydrogen-bond donors (Lipinski definition) is 0. The van der Waals surface area contributed by atoms with Gasteiger partial charge in [0.15, 0.2) is 0 Å². The fourth-order valence-corrected chi connectivity index (χ4v) is 2.10. The number of hydrogen-bond acceptors (Lipinski definition) is 2. The van der Waals surface area contributed by atoms with E-state index in [2.05, 4.69) is 18.8 Å². The van der Waals surface area contributed by atoms with E-state index in [4.69, 9.17) is 0 Å². The summed E-state index contributed by atoms with van der Waals surface area (Å²) in [5.74, 6) is 0.417. The molecular formula is C13H18N2O. The summed E-state index contributed by atoms with van der Waals surface area (Å²) in [5.41, 5.74) is 1.10. The second-order valence-electron chi connectivity index (χ2n) is 4.87. The number of rotatable bonds is 3. The lowest BCUT2D eigenvalue weighted by Gasteiger charge is -2.18. The van der Waals surface area contributed by atoms with Gasteiger partial charge in [-0.3, -0.25) is 9.78 Å². The molecule has 1 aliphatic rings. The molecule has 1 heterocycles. The van der Waals surface area contributed by atoms with Gasteiger partial charge in [-0.15, -0.1) is 0 Å². The molecule has 3 nitrogen and oxygen atoms in total. The SMILES string of the molecule is CC[C@@]1(C)C[C@H]1C(=O)N(C)c1cccnc1. The van der Waals surface area contributed by atoms with Crippen molar-refractivity contribution in [1.82, 2.24) is 4.98 Å². The maximum Gasteiger partial charge on any atom is 0.230 e. The third kappa shape index (κ3) is 1.82. The zero-order chi connectivity index (χ0) is 11.8. The zero-order valence-corrected chi connectivity index (χ0v) is 10.1. The van der Waals surface area contributed by atoms with Gasteiger partial charge in [0.1, 0.15) is 0 Å². The molecule has 1 fully saturated rings. The predicted octanol–water partition coefficient (Wildman–Crippen LogP) is 2.48. The third-order valence-electron chi connectivity index (χ3n) is 3.82. The normalized spacial score (nSPS) is 27.6. The number of nitrogens with zero attached hydrogens (tertiary/aromatic N) is 2. The Balaban J connectivity index is 2.07. The summed E-state index contributed by atoms with van der Waals surface area (Å²) in [6.07, 6.45) is 5.54. The van der Waals surface area contributed by atoms with Crippen LogP contribution in [0.4, 0.5) is 5.69 Å².